The highest BCUT2D eigenvalue weighted by Gasteiger charge is 2.65. The Kier molecular flexibility index (Phi) is 4.14. The van der Waals surface area contributed by atoms with E-state index in [1.54, 1.807) is 0 Å². The summed E-state index contributed by atoms with van der Waals surface area (Å²) in [5, 5.41) is 11.7. The fraction of sp³-hybridized carbons (Fsp3) is 0.833. The Morgan fingerprint density at radius 2 is 2.00 bits per heavy atom. The van der Waals surface area contributed by atoms with Crippen LogP contribution in [0, 0.1) is 17.3 Å². The van der Waals surface area contributed by atoms with Gasteiger partial charge in [-0.1, -0.05) is 13.8 Å². The van der Waals surface area contributed by atoms with E-state index in [4.69, 9.17) is 9.84 Å². The van der Waals surface area contributed by atoms with Crippen LogP contribution in [-0.2, 0) is 14.3 Å². The summed E-state index contributed by atoms with van der Waals surface area (Å²) in [5.74, 6) is -2.07. The molecule has 2 N–H and O–H groups in total. The molecule has 1 amide bonds. The Labute approximate surface area is 102 Å². The topological polar surface area (TPSA) is 75.6 Å². The molecule has 1 saturated carbocycles. The lowest BCUT2D eigenvalue weighted by Gasteiger charge is -2.12. The lowest BCUT2D eigenvalue weighted by Crippen LogP contribution is -2.34. The van der Waals surface area contributed by atoms with Crippen LogP contribution in [0.15, 0.2) is 0 Å². The van der Waals surface area contributed by atoms with E-state index >= 15 is 0 Å². The minimum absolute atomic E-state index is 0.0471. The van der Waals surface area contributed by atoms with Crippen LogP contribution in [0.3, 0.4) is 0 Å². The summed E-state index contributed by atoms with van der Waals surface area (Å²) in [7, 11) is 0. The van der Waals surface area contributed by atoms with Gasteiger partial charge in [-0.25, -0.2) is 0 Å². The summed E-state index contributed by atoms with van der Waals surface area (Å²) in [4.78, 5) is 22.7. The molecule has 1 rings (SSSR count). The SMILES string of the molecule is CCOC(C)CNC(=O)[C@H]1[C@@H](C(=O)O)C1(C)C. The van der Waals surface area contributed by atoms with E-state index in [1.807, 2.05) is 27.7 Å². The van der Waals surface area contributed by atoms with Gasteiger partial charge in [0.1, 0.15) is 0 Å². The molecule has 5 nitrogen and oxygen atoms in total. The summed E-state index contributed by atoms with van der Waals surface area (Å²) in [5.41, 5.74) is -0.440. The number of carboxylic acids is 1. The molecule has 0 aliphatic heterocycles. The first-order chi connectivity index (χ1) is 7.82. The third kappa shape index (κ3) is 2.97. The molecule has 0 saturated heterocycles. The zero-order chi connectivity index (χ0) is 13.2. The lowest BCUT2D eigenvalue weighted by molar-refractivity contribution is -0.140. The molecule has 17 heavy (non-hydrogen) atoms. The largest absolute Gasteiger partial charge is 0.481 e. The van der Waals surface area contributed by atoms with E-state index in [0.29, 0.717) is 13.2 Å². The van der Waals surface area contributed by atoms with Crippen LogP contribution in [0.4, 0.5) is 0 Å². The van der Waals surface area contributed by atoms with Gasteiger partial charge in [0.25, 0.3) is 0 Å². The summed E-state index contributed by atoms with van der Waals surface area (Å²) in [6.45, 7) is 8.40. The Balaban J connectivity index is 2.43. The molecule has 0 bridgehead atoms. The van der Waals surface area contributed by atoms with E-state index < -0.39 is 23.2 Å². The van der Waals surface area contributed by atoms with Crippen molar-refractivity contribution < 1.29 is 19.4 Å². The molecule has 98 valence electrons. The first-order valence-electron chi connectivity index (χ1n) is 5.94. The van der Waals surface area contributed by atoms with Crippen LogP contribution in [0.1, 0.15) is 27.7 Å². The summed E-state index contributed by atoms with van der Waals surface area (Å²) in [6.07, 6.45) is -0.0471. The Hall–Kier alpha value is -1.10. The van der Waals surface area contributed by atoms with Crippen molar-refractivity contribution in [3.63, 3.8) is 0 Å². The third-order valence-corrected chi connectivity index (χ3v) is 3.39. The number of hydrogen-bond donors (Lipinski definition) is 2. The molecule has 1 unspecified atom stereocenters. The molecule has 0 radical (unpaired) electrons. The fourth-order valence-electron chi connectivity index (χ4n) is 2.29. The highest BCUT2D eigenvalue weighted by Crippen LogP contribution is 2.58. The van der Waals surface area contributed by atoms with Crippen LogP contribution >= 0.6 is 0 Å². The van der Waals surface area contributed by atoms with Crippen molar-refractivity contribution in [3.05, 3.63) is 0 Å². The number of carbonyl (C=O) groups is 2. The number of carboxylic acid groups (broad SMARTS) is 1. The van der Waals surface area contributed by atoms with E-state index in [2.05, 4.69) is 5.32 Å². The average Bonchev–Trinajstić information content (AvgIpc) is 2.79. The molecule has 0 aromatic heterocycles. The van der Waals surface area contributed by atoms with Gasteiger partial charge in [-0.15, -0.1) is 0 Å². The minimum Gasteiger partial charge on any atom is -0.481 e. The van der Waals surface area contributed by atoms with Crippen molar-refractivity contribution in [1.82, 2.24) is 5.32 Å². The Morgan fingerprint density at radius 3 is 2.41 bits per heavy atom. The fourth-order valence-corrected chi connectivity index (χ4v) is 2.29. The van der Waals surface area contributed by atoms with E-state index in [0.717, 1.165) is 0 Å². The standard InChI is InChI=1S/C12H21NO4/c1-5-17-7(2)6-13-10(14)8-9(11(15)16)12(8,3)4/h7-9H,5-6H2,1-4H3,(H,13,14)(H,15,16)/t7?,8-,9+/m1/s1. The number of amides is 1. The van der Waals surface area contributed by atoms with E-state index in [1.165, 1.54) is 0 Å². The molecule has 0 spiro atoms. The first kappa shape index (κ1) is 14.0. The molecule has 0 aromatic rings. The van der Waals surface area contributed by atoms with Gasteiger partial charge in [-0.05, 0) is 19.3 Å². The maximum atomic E-state index is 11.8. The molecule has 1 aliphatic rings. The quantitative estimate of drug-likeness (QED) is 0.726. The second kappa shape index (κ2) is 5.04. The van der Waals surface area contributed by atoms with Gasteiger partial charge in [-0.3, -0.25) is 9.59 Å². The van der Waals surface area contributed by atoms with Crippen LogP contribution in [0.5, 0.6) is 0 Å². The molecule has 1 fully saturated rings. The van der Waals surface area contributed by atoms with Gasteiger partial charge in [0.2, 0.25) is 5.91 Å². The van der Waals surface area contributed by atoms with E-state index in [-0.39, 0.29) is 12.0 Å². The van der Waals surface area contributed by atoms with Crippen molar-refractivity contribution >= 4 is 11.9 Å². The molecular weight excluding hydrogens is 222 g/mol. The van der Waals surface area contributed by atoms with Crippen molar-refractivity contribution in [2.24, 2.45) is 17.3 Å². The number of hydrogen-bond acceptors (Lipinski definition) is 3. The van der Waals surface area contributed by atoms with Crippen LogP contribution < -0.4 is 5.32 Å². The molecular formula is C12H21NO4. The van der Waals surface area contributed by atoms with Gasteiger partial charge in [0, 0.05) is 13.2 Å². The number of aliphatic carboxylic acids is 1. The van der Waals surface area contributed by atoms with Gasteiger partial charge < -0.3 is 15.2 Å². The Morgan fingerprint density at radius 1 is 1.41 bits per heavy atom. The molecule has 0 aromatic carbocycles. The zero-order valence-electron chi connectivity index (χ0n) is 10.8. The third-order valence-electron chi connectivity index (χ3n) is 3.39. The highest BCUT2D eigenvalue weighted by atomic mass is 16.5. The highest BCUT2D eigenvalue weighted by molar-refractivity contribution is 5.91. The average molecular weight is 243 g/mol. The second-order valence-corrected chi connectivity index (χ2v) is 5.13. The summed E-state index contributed by atoms with van der Waals surface area (Å²) >= 11 is 0. The Bertz CT molecular complexity index is 314. The van der Waals surface area contributed by atoms with Crippen molar-refractivity contribution in [1.29, 1.82) is 0 Å². The second-order valence-electron chi connectivity index (χ2n) is 5.13. The monoisotopic (exact) mass is 243 g/mol. The van der Waals surface area contributed by atoms with Crippen LogP contribution in [0.2, 0.25) is 0 Å². The lowest BCUT2D eigenvalue weighted by atomic mass is 10.1. The van der Waals surface area contributed by atoms with E-state index in [9.17, 15) is 9.59 Å². The summed E-state index contributed by atoms with van der Waals surface area (Å²) in [6, 6.07) is 0. The van der Waals surface area contributed by atoms with Crippen LogP contribution in [0.25, 0.3) is 0 Å². The maximum absolute atomic E-state index is 11.8. The van der Waals surface area contributed by atoms with Crippen molar-refractivity contribution in [2.45, 2.75) is 33.8 Å². The molecule has 3 atom stereocenters. The van der Waals surface area contributed by atoms with Gasteiger partial charge >= 0.3 is 5.97 Å². The predicted molar refractivity (Wildman–Crippen MR) is 62.5 cm³/mol. The maximum Gasteiger partial charge on any atom is 0.307 e. The number of ether oxygens (including phenoxy) is 1. The van der Waals surface area contributed by atoms with Crippen molar-refractivity contribution in [2.75, 3.05) is 13.2 Å². The van der Waals surface area contributed by atoms with Gasteiger partial charge in [-0.2, -0.15) is 0 Å². The molecule has 1 aliphatic carbocycles. The molecule has 0 heterocycles. The minimum atomic E-state index is -0.895. The zero-order valence-corrected chi connectivity index (χ0v) is 10.8. The smallest absolute Gasteiger partial charge is 0.307 e. The summed E-state index contributed by atoms with van der Waals surface area (Å²) < 4.78 is 5.29. The van der Waals surface area contributed by atoms with Gasteiger partial charge in [0.05, 0.1) is 17.9 Å². The van der Waals surface area contributed by atoms with Crippen molar-refractivity contribution in [3.8, 4) is 0 Å². The predicted octanol–water partition coefficient (Wildman–Crippen LogP) is 0.884. The first-order valence-corrected chi connectivity index (χ1v) is 5.94. The number of carbonyl (C=O) groups excluding carboxylic acids is 1. The molecule has 5 heteroatoms. The van der Waals surface area contributed by atoms with Crippen LogP contribution in [-0.4, -0.2) is 36.2 Å². The van der Waals surface area contributed by atoms with Gasteiger partial charge in [0.15, 0.2) is 0 Å². The number of rotatable bonds is 6. The normalized spacial score (nSPS) is 27.3. The number of nitrogens with one attached hydrogen (secondary N) is 1.